The van der Waals surface area contributed by atoms with Crippen molar-refractivity contribution in [3.05, 3.63) is 89.1 Å². The number of likely N-dealkylation sites (N-methyl/N-ethyl adjacent to an activating group) is 1. The van der Waals surface area contributed by atoms with Gasteiger partial charge in [-0.25, -0.2) is 4.98 Å². The fourth-order valence-electron chi connectivity index (χ4n) is 5.04. The lowest BCUT2D eigenvalue weighted by atomic mass is 9.80. The van der Waals surface area contributed by atoms with E-state index in [2.05, 4.69) is 89.8 Å². The maximum Gasteiger partial charge on any atom is 0.128 e. The number of pyridine rings is 1. The number of nitrogens with one attached hydrogen (secondary N) is 1. The Morgan fingerprint density at radius 1 is 0.938 bits per heavy atom. The van der Waals surface area contributed by atoms with Gasteiger partial charge in [-0.2, -0.15) is 0 Å². The lowest BCUT2D eigenvalue weighted by Crippen LogP contribution is -2.33. The number of nitrogen functional groups attached to an aromatic ring is 1. The van der Waals surface area contributed by atoms with Gasteiger partial charge in [-0.15, -0.1) is 0 Å². The summed E-state index contributed by atoms with van der Waals surface area (Å²) in [5.74, 6) is 1.18. The third-order valence-electron chi connectivity index (χ3n) is 6.84. The topological polar surface area (TPSA) is 54.2 Å². The lowest BCUT2D eigenvalue weighted by molar-refractivity contribution is 0.342. The van der Waals surface area contributed by atoms with Crippen LogP contribution in [0, 0.1) is 6.92 Å². The average molecular weight is 429 g/mol. The van der Waals surface area contributed by atoms with E-state index in [-0.39, 0.29) is 0 Å². The molecule has 2 aromatic carbocycles. The van der Waals surface area contributed by atoms with Crippen molar-refractivity contribution in [3.63, 3.8) is 0 Å². The molecule has 0 spiro atoms. The molecule has 0 atom stereocenters. The molecule has 1 aromatic heterocycles. The van der Waals surface area contributed by atoms with Crippen molar-refractivity contribution in [1.29, 1.82) is 0 Å². The third kappa shape index (κ3) is 5.49. The number of nitrogens with zero attached hydrogens (tertiary/aromatic N) is 2. The van der Waals surface area contributed by atoms with Gasteiger partial charge < -0.3 is 16.0 Å². The minimum absolute atomic E-state index is 0.478. The van der Waals surface area contributed by atoms with Crippen LogP contribution in [0.5, 0.6) is 0 Å². The molecule has 1 aliphatic rings. The molecule has 1 aliphatic carbocycles. The van der Waals surface area contributed by atoms with Crippen LogP contribution in [0.25, 0.3) is 0 Å². The predicted molar refractivity (Wildman–Crippen MR) is 135 cm³/mol. The van der Waals surface area contributed by atoms with Gasteiger partial charge in [0.05, 0.1) is 0 Å². The highest BCUT2D eigenvalue weighted by Gasteiger charge is 2.28. The number of aromatic nitrogens is 1. The summed E-state index contributed by atoms with van der Waals surface area (Å²) in [6, 6.07) is 21.9. The van der Waals surface area contributed by atoms with Crippen LogP contribution in [0.15, 0.2) is 66.9 Å². The van der Waals surface area contributed by atoms with Gasteiger partial charge >= 0.3 is 0 Å². The number of hydrogen-bond acceptors (Lipinski definition) is 4. The van der Waals surface area contributed by atoms with Crippen molar-refractivity contribution < 1.29 is 0 Å². The summed E-state index contributed by atoms with van der Waals surface area (Å²) < 4.78 is 0. The van der Waals surface area contributed by atoms with Crippen LogP contribution in [0.4, 0.5) is 11.5 Å². The van der Waals surface area contributed by atoms with Gasteiger partial charge in [-0.1, -0.05) is 60.7 Å². The number of hydrogen-bond donors (Lipinski definition) is 2. The first kappa shape index (κ1) is 22.3. The Labute approximate surface area is 192 Å². The zero-order valence-electron chi connectivity index (χ0n) is 19.4. The molecule has 3 N–H and O–H groups in total. The Morgan fingerprint density at radius 3 is 2.22 bits per heavy atom. The van der Waals surface area contributed by atoms with E-state index < -0.39 is 0 Å². The molecule has 1 saturated carbocycles. The molecule has 0 aliphatic heterocycles. The van der Waals surface area contributed by atoms with Gasteiger partial charge in [0.2, 0.25) is 0 Å². The van der Waals surface area contributed by atoms with Crippen LogP contribution < -0.4 is 16.0 Å². The molecule has 1 fully saturated rings. The van der Waals surface area contributed by atoms with Crippen LogP contribution in [0.1, 0.15) is 53.9 Å². The molecular weight excluding hydrogens is 392 g/mol. The van der Waals surface area contributed by atoms with E-state index in [0.717, 1.165) is 32.4 Å². The molecule has 4 heteroatoms. The Kier molecular flexibility index (Phi) is 7.43. The fourth-order valence-corrected chi connectivity index (χ4v) is 5.04. The van der Waals surface area contributed by atoms with E-state index in [9.17, 15) is 0 Å². The van der Waals surface area contributed by atoms with Crippen molar-refractivity contribution in [1.82, 2.24) is 10.3 Å². The Balaban J connectivity index is 1.41. The fraction of sp³-hybridized carbons (Fsp3) is 0.393. The number of aryl methyl sites for hydroxylation is 1. The van der Waals surface area contributed by atoms with Gasteiger partial charge in [0.1, 0.15) is 5.82 Å². The molecular formula is C28H36N4. The Bertz CT molecular complexity index is 979. The molecule has 0 radical (unpaired) electrons. The highest BCUT2D eigenvalue weighted by molar-refractivity contribution is 5.67. The van der Waals surface area contributed by atoms with E-state index in [0.29, 0.717) is 17.8 Å². The summed E-state index contributed by atoms with van der Waals surface area (Å²) in [4.78, 5) is 6.93. The van der Waals surface area contributed by atoms with Gasteiger partial charge in [-0.3, -0.25) is 0 Å². The first-order valence-electron chi connectivity index (χ1n) is 11.9. The molecule has 4 nitrogen and oxygen atoms in total. The summed E-state index contributed by atoms with van der Waals surface area (Å²) in [5, 5.41) is 3.75. The van der Waals surface area contributed by atoms with E-state index in [1.54, 1.807) is 0 Å². The first-order chi connectivity index (χ1) is 15.6. The van der Waals surface area contributed by atoms with Crippen LogP contribution in [0.2, 0.25) is 0 Å². The summed E-state index contributed by atoms with van der Waals surface area (Å²) in [7, 11) is 2.20. The smallest absolute Gasteiger partial charge is 0.128 e. The molecule has 4 rings (SSSR count). The molecule has 168 valence electrons. The Hall–Kier alpha value is -2.85. The molecule has 0 saturated heterocycles. The SMILES string of the molecule is Cc1cnc(N)c([C@H]2CC[C@@H](NCc3ccccc3)CC2)c1N(C)CCc1ccccc1. The third-order valence-corrected chi connectivity index (χ3v) is 6.84. The monoisotopic (exact) mass is 428 g/mol. The second-order valence-corrected chi connectivity index (χ2v) is 9.16. The summed E-state index contributed by atoms with van der Waals surface area (Å²) in [6.45, 7) is 4.07. The van der Waals surface area contributed by atoms with E-state index >= 15 is 0 Å². The number of rotatable bonds is 8. The quantitative estimate of drug-likeness (QED) is 0.500. The number of benzene rings is 2. The number of nitrogens with two attached hydrogens (primary N) is 1. The summed E-state index contributed by atoms with van der Waals surface area (Å²) in [6.07, 6.45) is 7.62. The van der Waals surface area contributed by atoms with Gasteiger partial charge in [0, 0.05) is 43.6 Å². The van der Waals surface area contributed by atoms with E-state index in [4.69, 9.17) is 5.73 Å². The van der Waals surface area contributed by atoms with Crippen molar-refractivity contribution in [2.45, 2.75) is 57.5 Å². The van der Waals surface area contributed by atoms with Gasteiger partial charge in [-0.05, 0) is 61.6 Å². The predicted octanol–water partition coefficient (Wildman–Crippen LogP) is 5.47. The second kappa shape index (κ2) is 10.6. The van der Waals surface area contributed by atoms with Gasteiger partial charge in [0.25, 0.3) is 0 Å². The van der Waals surface area contributed by atoms with Crippen LogP contribution in [0.3, 0.4) is 0 Å². The highest BCUT2D eigenvalue weighted by atomic mass is 15.1. The average Bonchev–Trinajstić information content (AvgIpc) is 2.84. The standard InChI is InChI=1S/C28H36N4/c1-21-19-31-28(29)26(27(21)32(2)18-17-22-9-5-3-6-10-22)24-13-15-25(16-14-24)30-20-23-11-7-4-8-12-23/h3-12,19,24-25,30H,13-18,20H2,1-2H3,(H2,29,31)/t24-,25+. The zero-order chi connectivity index (χ0) is 22.3. The summed E-state index contributed by atoms with van der Waals surface area (Å²) >= 11 is 0. The van der Waals surface area contributed by atoms with Crippen LogP contribution >= 0.6 is 0 Å². The number of anilines is 2. The largest absolute Gasteiger partial charge is 0.383 e. The van der Waals surface area contributed by atoms with Crippen molar-refractivity contribution in [2.24, 2.45) is 0 Å². The first-order valence-corrected chi connectivity index (χ1v) is 11.9. The van der Waals surface area contributed by atoms with Crippen LogP contribution in [-0.2, 0) is 13.0 Å². The van der Waals surface area contributed by atoms with E-state index in [1.807, 2.05) is 6.20 Å². The maximum atomic E-state index is 6.48. The molecule has 0 unspecified atom stereocenters. The molecule has 32 heavy (non-hydrogen) atoms. The highest BCUT2D eigenvalue weighted by Crippen LogP contribution is 2.41. The minimum atomic E-state index is 0.478. The van der Waals surface area contributed by atoms with Gasteiger partial charge in [0.15, 0.2) is 0 Å². The normalized spacial score (nSPS) is 18.4. The van der Waals surface area contributed by atoms with Crippen molar-refractivity contribution >= 4 is 11.5 Å². The van der Waals surface area contributed by atoms with Crippen molar-refractivity contribution in [2.75, 3.05) is 24.2 Å². The summed E-state index contributed by atoms with van der Waals surface area (Å²) in [5.41, 5.74) is 13.0. The maximum absolute atomic E-state index is 6.48. The van der Waals surface area contributed by atoms with Crippen molar-refractivity contribution in [3.8, 4) is 0 Å². The second-order valence-electron chi connectivity index (χ2n) is 9.16. The lowest BCUT2D eigenvalue weighted by Gasteiger charge is -2.33. The molecule has 3 aromatic rings. The minimum Gasteiger partial charge on any atom is -0.383 e. The molecule has 0 bridgehead atoms. The van der Waals surface area contributed by atoms with E-state index in [1.165, 1.54) is 40.8 Å². The molecule has 1 heterocycles. The Morgan fingerprint density at radius 2 is 1.56 bits per heavy atom. The van der Waals surface area contributed by atoms with Crippen LogP contribution in [-0.4, -0.2) is 24.6 Å². The molecule has 0 amide bonds. The zero-order valence-corrected chi connectivity index (χ0v) is 19.4.